The van der Waals surface area contributed by atoms with Crippen molar-refractivity contribution >= 4 is 15.5 Å². The first-order valence-electron chi connectivity index (χ1n) is 10.0. The molecule has 29 heavy (non-hydrogen) atoms. The quantitative estimate of drug-likeness (QED) is 0.188. The summed E-state index contributed by atoms with van der Waals surface area (Å²) < 4.78 is 35.7. The van der Waals surface area contributed by atoms with Gasteiger partial charge in [-0.15, -0.1) is 0 Å². The summed E-state index contributed by atoms with van der Waals surface area (Å²) in [5.41, 5.74) is 2.59. The lowest BCUT2D eigenvalue weighted by atomic mass is 10.1. The topological polar surface area (TPSA) is 74.2 Å². The minimum Gasteiger partial charge on any atom is -0.493 e. The number of allylic oxidation sites excluding steroid dienone is 1. The van der Waals surface area contributed by atoms with Crippen LogP contribution in [0.2, 0.25) is 0 Å². The number of rotatable bonds is 14. The average molecular weight is 426 g/mol. The van der Waals surface area contributed by atoms with Gasteiger partial charge in [-0.25, -0.2) is 8.42 Å². The van der Waals surface area contributed by atoms with Crippen molar-refractivity contribution in [3.63, 3.8) is 0 Å². The molecule has 0 amide bonds. The van der Waals surface area contributed by atoms with Crippen molar-refractivity contribution in [2.45, 2.75) is 53.4 Å². The number of benzene rings is 1. The molecule has 164 valence electrons. The van der Waals surface area contributed by atoms with E-state index in [9.17, 15) is 8.42 Å². The molecular weight excluding hydrogens is 390 g/mol. The van der Waals surface area contributed by atoms with Crippen LogP contribution in [-0.2, 0) is 14.7 Å². The number of unbranched alkanes of at least 4 members (excludes halogenated alkanes) is 3. The first-order chi connectivity index (χ1) is 13.8. The first-order valence-corrected chi connectivity index (χ1v) is 11.9. The fourth-order valence-electron chi connectivity index (χ4n) is 2.99. The highest BCUT2D eigenvalue weighted by Crippen LogP contribution is 2.28. The predicted octanol–water partition coefficient (Wildman–Crippen LogP) is 4.63. The number of nitrogens with zero attached hydrogens (tertiary/aromatic N) is 1. The number of oxime groups is 1. The van der Waals surface area contributed by atoms with E-state index in [0.29, 0.717) is 25.3 Å². The summed E-state index contributed by atoms with van der Waals surface area (Å²) in [5, 5.41) is 3.66. The normalized spacial score (nSPS) is 12.4. The van der Waals surface area contributed by atoms with Crippen molar-refractivity contribution in [3.8, 4) is 11.5 Å². The van der Waals surface area contributed by atoms with Crippen LogP contribution in [0.5, 0.6) is 11.5 Å². The van der Waals surface area contributed by atoms with E-state index in [1.807, 2.05) is 45.1 Å². The predicted molar refractivity (Wildman–Crippen MR) is 119 cm³/mol. The standard InChI is InChI=1S/C22H35NO5S/c1-6-7-12-27-21-15-18(2)22(19(3)16-21)28-13-10-8-9-11-14-29(24,25)17-20(4)23-26-5/h6-7,15-16H,8-14,17H2,1-5H3/b7-6+,23-20+. The van der Waals surface area contributed by atoms with Gasteiger partial charge in [0.2, 0.25) is 0 Å². The maximum atomic E-state index is 12.0. The van der Waals surface area contributed by atoms with Gasteiger partial charge in [0.1, 0.15) is 25.2 Å². The molecule has 0 unspecified atom stereocenters. The highest BCUT2D eigenvalue weighted by atomic mass is 32.2. The third kappa shape index (κ3) is 10.4. The molecule has 0 saturated carbocycles. The second kappa shape index (κ2) is 13.2. The van der Waals surface area contributed by atoms with Gasteiger partial charge >= 0.3 is 0 Å². The number of hydrogen-bond donors (Lipinski definition) is 0. The largest absolute Gasteiger partial charge is 0.493 e. The van der Waals surface area contributed by atoms with Gasteiger partial charge < -0.3 is 14.3 Å². The van der Waals surface area contributed by atoms with Gasteiger partial charge in [-0.3, -0.25) is 0 Å². The Labute approximate surface area is 175 Å². The van der Waals surface area contributed by atoms with Crippen molar-refractivity contribution in [3.05, 3.63) is 35.4 Å². The van der Waals surface area contributed by atoms with Gasteiger partial charge in [0.15, 0.2) is 9.84 Å². The fraction of sp³-hybridized carbons (Fsp3) is 0.591. The van der Waals surface area contributed by atoms with Crippen molar-refractivity contribution in [2.75, 3.05) is 31.8 Å². The zero-order valence-electron chi connectivity index (χ0n) is 18.4. The fourth-order valence-corrected chi connectivity index (χ4v) is 4.46. The van der Waals surface area contributed by atoms with E-state index in [2.05, 4.69) is 9.99 Å². The third-order valence-electron chi connectivity index (χ3n) is 4.29. The maximum absolute atomic E-state index is 12.0. The van der Waals surface area contributed by atoms with Crippen LogP contribution >= 0.6 is 0 Å². The summed E-state index contributed by atoms with van der Waals surface area (Å²) in [6, 6.07) is 3.98. The molecule has 1 aromatic carbocycles. The van der Waals surface area contributed by atoms with Crippen LogP contribution < -0.4 is 9.47 Å². The minimum absolute atomic E-state index is 0.0447. The Bertz CT molecular complexity index is 761. The number of aryl methyl sites for hydroxylation is 2. The summed E-state index contributed by atoms with van der Waals surface area (Å²) in [6.07, 6.45) is 7.27. The Morgan fingerprint density at radius 2 is 1.72 bits per heavy atom. The molecular formula is C22H35NO5S. The van der Waals surface area contributed by atoms with E-state index in [-0.39, 0.29) is 11.5 Å². The summed E-state index contributed by atoms with van der Waals surface area (Å²) in [5.74, 6) is 1.88. The maximum Gasteiger partial charge on any atom is 0.155 e. The van der Waals surface area contributed by atoms with E-state index >= 15 is 0 Å². The second-order valence-corrected chi connectivity index (χ2v) is 9.31. The van der Waals surface area contributed by atoms with E-state index in [1.165, 1.54) is 7.11 Å². The summed E-state index contributed by atoms with van der Waals surface area (Å²) in [7, 11) is -1.71. The molecule has 0 radical (unpaired) electrons. The molecule has 0 fully saturated rings. The Morgan fingerprint density at radius 1 is 1.07 bits per heavy atom. The van der Waals surface area contributed by atoms with E-state index < -0.39 is 9.84 Å². The van der Waals surface area contributed by atoms with Gasteiger partial charge in [0.25, 0.3) is 0 Å². The molecule has 0 aromatic heterocycles. The van der Waals surface area contributed by atoms with E-state index in [1.54, 1.807) is 6.92 Å². The molecule has 0 atom stereocenters. The number of sulfone groups is 1. The van der Waals surface area contributed by atoms with E-state index in [0.717, 1.165) is 41.9 Å². The zero-order valence-corrected chi connectivity index (χ0v) is 19.2. The monoisotopic (exact) mass is 425 g/mol. The Morgan fingerprint density at radius 3 is 2.34 bits per heavy atom. The highest BCUT2D eigenvalue weighted by molar-refractivity contribution is 7.92. The number of hydrogen-bond acceptors (Lipinski definition) is 6. The van der Waals surface area contributed by atoms with Crippen molar-refractivity contribution in [1.29, 1.82) is 0 Å². The Kier molecular flexibility index (Phi) is 11.4. The molecule has 0 heterocycles. The molecule has 0 aliphatic rings. The van der Waals surface area contributed by atoms with Gasteiger partial charge in [0.05, 0.1) is 23.8 Å². The Hall–Kier alpha value is -2.02. The van der Waals surface area contributed by atoms with Gasteiger partial charge in [-0.05, 0) is 63.8 Å². The summed E-state index contributed by atoms with van der Waals surface area (Å²) in [4.78, 5) is 4.60. The molecule has 1 rings (SSSR count). The third-order valence-corrected chi connectivity index (χ3v) is 6.06. The highest BCUT2D eigenvalue weighted by Gasteiger charge is 2.12. The molecule has 0 bridgehead atoms. The molecule has 0 aliphatic carbocycles. The molecule has 0 saturated heterocycles. The zero-order chi connectivity index (χ0) is 21.7. The van der Waals surface area contributed by atoms with Crippen LogP contribution in [0.25, 0.3) is 0 Å². The van der Waals surface area contributed by atoms with Gasteiger partial charge in [0, 0.05) is 0 Å². The smallest absolute Gasteiger partial charge is 0.155 e. The van der Waals surface area contributed by atoms with Crippen molar-refractivity contribution < 1.29 is 22.7 Å². The summed E-state index contributed by atoms with van der Waals surface area (Å²) in [6.45, 7) is 8.84. The van der Waals surface area contributed by atoms with Crippen LogP contribution in [0.3, 0.4) is 0 Å². The molecule has 1 aromatic rings. The van der Waals surface area contributed by atoms with Crippen molar-refractivity contribution in [1.82, 2.24) is 0 Å². The Balaban J connectivity index is 2.32. The molecule has 6 nitrogen and oxygen atoms in total. The molecule has 0 aliphatic heterocycles. The average Bonchev–Trinajstić information content (AvgIpc) is 2.62. The van der Waals surface area contributed by atoms with Crippen LogP contribution in [-0.4, -0.2) is 46.0 Å². The van der Waals surface area contributed by atoms with E-state index in [4.69, 9.17) is 9.47 Å². The minimum atomic E-state index is -3.12. The van der Waals surface area contributed by atoms with Crippen LogP contribution in [0.1, 0.15) is 50.7 Å². The van der Waals surface area contributed by atoms with Crippen LogP contribution in [0, 0.1) is 13.8 Å². The van der Waals surface area contributed by atoms with Crippen molar-refractivity contribution in [2.24, 2.45) is 5.16 Å². The number of ether oxygens (including phenoxy) is 2. The lowest BCUT2D eigenvalue weighted by molar-refractivity contribution is 0.213. The molecule has 7 heteroatoms. The molecule has 0 spiro atoms. The van der Waals surface area contributed by atoms with Gasteiger partial charge in [-0.1, -0.05) is 30.1 Å². The SMILES string of the molecule is C/C=C/COc1cc(C)c(OCCCCCCS(=O)(=O)C/C(C)=N/OC)c(C)c1. The summed E-state index contributed by atoms with van der Waals surface area (Å²) >= 11 is 0. The lowest BCUT2D eigenvalue weighted by Gasteiger charge is -2.14. The molecule has 0 N–H and O–H groups in total. The van der Waals surface area contributed by atoms with Crippen LogP contribution in [0.15, 0.2) is 29.4 Å². The van der Waals surface area contributed by atoms with Crippen LogP contribution in [0.4, 0.5) is 0 Å². The van der Waals surface area contributed by atoms with Gasteiger partial charge in [-0.2, -0.15) is 0 Å². The second-order valence-electron chi connectivity index (χ2n) is 7.13. The first kappa shape index (κ1) is 25.0. The lowest BCUT2D eigenvalue weighted by Crippen LogP contribution is -2.17.